The molecule has 37 heavy (non-hydrogen) atoms. The van der Waals surface area contributed by atoms with Crippen molar-refractivity contribution in [3.8, 4) is 0 Å². The van der Waals surface area contributed by atoms with Crippen LogP contribution in [0.3, 0.4) is 0 Å². The number of carbonyl (C=O) groups excluding carboxylic acids is 1. The molecule has 0 unspecified atom stereocenters. The molecule has 2 aromatic heterocycles. The maximum atomic E-state index is 12.6. The van der Waals surface area contributed by atoms with Crippen LogP contribution < -0.4 is 10.9 Å². The Morgan fingerprint density at radius 3 is 2.43 bits per heavy atom. The first-order chi connectivity index (χ1) is 17.6. The van der Waals surface area contributed by atoms with Crippen LogP contribution in [0.15, 0.2) is 59.5 Å². The van der Waals surface area contributed by atoms with Gasteiger partial charge < -0.3 is 10.2 Å². The summed E-state index contributed by atoms with van der Waals surface area (Å²) in [7, 11) is 0. The second-order valence-corrected chi connectivity index (χ2v) is 11.0. The Morgan fingerprint density at radius 2 is 1.78 bits per heavy atom. The molecule has 3 aromatic rings. The van der Waals surface area contributed by atoms with Gasteiger partial charge in [0, 0.05) is 56.9 Å². The molecule has 0 saturated carbocycles. The highest BCUT2D eigenvalue weighted by atomic mass is 16.2. The first-order valence-corrected chi connectivity index (χ1v) is 13.0. The van der Waals surface area contributed by atoms with Crippen molar-refractivity contribution in [3.05, 3.63) is 76.2 Å². The minimum atomic E-state index is -0.0541. The smallest absolute Gasteiger partial charge is 0.252 e. The summed E-state index contributed by atoms with van der Waals surface area (Å²) in [4.78, 5) is 38.1. The van der Waals surface area contributed by atoms with Crippen LogP contribution in [-0.4, -0.2) is 56.4 Å². The zero-order valence-electron chi connectivity index (χ0n) is 22.6. The van der Waals surface area contributed by atoms with Crippen LogP contribution in [0.4, 0.5) is 5.95 Å². The molecule has 1 aliphatic rings. The maximum absolute atomic E-state index is 12.6. The lowest BCUT2D eigenvalue weighted by Gasteiger charge is -2.34. The number of nitrogens with zero attached hydrogens (tertiary/aromatic N) is 5. The number of amides is 1. The van der Waals surface area contributed by atoms with Gasteiger partial charge in [-0.1, -0.05) is 51.1 Å². The molecule has 8 heteroatoms. The van der Waals surface area contributed by atoms with E-state index in [0.29, 0.717) is 18.1 Å². The lowest BCUT2D eigenvalue weighted by Crippen LogP contribution is -2.47. The first kappa shape index (κ1) is 26.5. The van der Waals surface area contributed by atoms with Crippen molar-refractivity contribution in [2.24, 2.45) is 5.41 Å². The molecular formula is C29H38N6O2. The summed E-state index contributed by atoms with van der Waals surface area (Å²) in [5.41, 5.74) is 2.92. The van der Waals surface area contributed by atoms with Crippen LogP contribution in [0, 0.1) is 5.41 Å². The second-order valence-electron chi connectivity index (χ2n) is 11.0. The molecule has 0 radical (unpaired) electrons. The van der Waals surface area contributed by atoms with Gasteiger partial charge in [0.05, 0.1) is 6.04 Å². The van der Waals surface area contributed by atoms with E-state index < -0.39 is 0 Å². The number of carbonyl (C=O) groups is 1. The molecule has 1 amide bonds. The zero-order chi connectivity index (χ0) is 26.6. The summed E-state index contributed by atoms with van der Waals surface area (Å²) in [5.74, 6) is 0.601. The number of piperazine rings is 1. The van der Waals surface area contributed by atoms with Crippen molar-refractivity contribution < 1.29 is 4.79 Å². The molecule has 1 saturated heterocycles. The highest BCUT2D eigenvalue weighted by molar-refractivity contribution is 5.87. The molecule has 0 spiro atoms. The Hall–Kier alpha value is -3.52. The molecule has 4 rings (SSSR count). The lowest BCUT2D eigenvalue weighted by molar-refractivity contribution is -0.127. The Bertz CT molecular complexity index is 1310. The van der Waals surface area contributed by atoms with E-state index in [9.17, 15) is 9.59 Å². The van der Waals surface area contributed by atoms with Gasteiger partial charge in [0.15, 0.2) is 0 Å². The van der Waals surface area contributed by atoms with Gasteiger partial charge in [-0.05, 0) is 42.5 Å². The van der Waals surface area contributed by atoms with Gasteiger partial charge in [-0.25, -0.2) is 4.98 Å². The third-order valence-corrected chi connectivity index (χ3v) is 6.58. The molecule has 196 valence electrons. The number of aromatic nitrogens is 3. The number of rotatable bonds is 7. The largest absolute Gasteiger partial charge is 0.348 e. The van der Waals surface area contributed by atoms with Crippen molar-refractivity contribution in [2.75, 3.05) is 31.5 Å². The van der Waals surface area contributed by atoms with E-state index in [2.05, 4.69) is 67.2 Å². The van der Waals surface area contributed by atoms with Gasteiger partial charge in [-0.15, -0.1) is 0 Å². The number of pyridine rings is 1. The number of allylic oxidation sites excluding steroid dienone is 1. The van der Waals surface area contributed by atoms with Crippen LogP contribution in [0.1, 0.15) is 51.8 Å². The van der Waals surface area contributed by atoms with Crippen LogP contribution in [0.25, 0.3) is 11.0 Å². The number of hydrogen-bond acceptors (Lipinski definition) is 6. The van der Waals surface area contributed by atoms with Crippen LogP contribution in [-0.2, 0) is 17.9 Å². The average molecular weight is 503 g/mol. The van der Waals surface area contributed by atoms with Gasteiger partial charge in [0.1, 0.15) is 5.65 Å². The van der Waals surface area contributed by atoms with Crippen LogP contribution in [0.2, 0.25) is 0 Å². The Balaban J connectivity index is 1.40. The third kappa shape index (κ3) is 6.83. The quantitative estimate of drug-likeness (QED) is 0.487. The molecule has 0 bridgehead atoms. The maximum Gasteiger partial charge on any atom is 0.252 e. The molecule has 0 aliphatic carbocycles. The number of nitrogens with one attached hydrogen (secondary N) is 1. The number of benzene rings is 1. The van der Waals surface area contributed by atoms with E-state index in [4.69, 9.17) is 4.98 Å². The van der Waals surface area contributed by atoms with E-state index in [-0.39, 0.29) is 22.9 Å². The average Bonchev–Trinajstić information content (AvgIpc) is 2.86. The summed E-state index contributed by atoms with van der Waals surface area (Å²) < 4.78 is 1.73. The minimum absolute atomic E-state index is 0.000761. The minimum Gasteiger partial charge on any atom is -0.348 e. The molecule has 1 N–H and O–H groups in total. The van der Waals surface area contributed by atoms with Crippen LogP contribution in [0.5, 0.6) is 0 Å². The molecule has 1 atom stereocenters. The lowest BCUT2D eigenvalue weighted by atomic mass is 9.97. The fourth-order valence-corrected chi connectivity index (χ4v) is 4.59. The van der Waals surface area contributed by atoms with Crippen LogP contribution >= 0.6 is 0 Å². The molecule has 1 fully saturated rings. The third-order valence-electron chi connectivity index (χ3n) is 6.58. The van der Waals surface area contributed by atoms with Crippen molar-refractivity contribution >= 4 is 22.9 Å². The van der Waals surface area contributed by atoms with E-state index in [1.54, 1.807) is 35.0 Å². The van der Waals surface area contributed by atoms with Gasteiger partial charge >= 0.3 is 0 Å². The SMILES string of the molecule is C/C=C/C(=O)N1CCN(Cc2ccc([C@H](C)Nc3ncc4ccc(=O)n(CC(C)(C)C)c4n3)cc2)CC1. The summed E-state index contributed by atoms with van der Waals surface area (Å²) >= 11 is 0. The Morgan fingerprint density at radius 1 is 1.08 bits per heavy atom. The predicted octanol–water partition coefficient (Wildman–Crippen LogP) is 4.23. The number of fused-ring (bicyclic) bond motifs is 1. The highest BCUT2D eigenvalue weighted by Gasteiger charge is 2.20. The van der Waals surface area contributed by atoms with Gasteiger partial charge in [0.2, 0.25) is 11.9 Å². The topological polar surface area (TPSA) is 83.4 Å². The van der Waals surface area contributed by atoms with Crippen molar-refractivity contribution in [1.82, 2.24) is 24.3 Å². The van der Waals surface area contributed by atoms with E-state index in [1.807, 2.05) is 11.8 Å². The molecule has 3 heterocycles. The first-order valence-electron chi connectivity index (χ1n) is 13.0. The van der Waals surface area contributed by atoms with E-state index in [0.717, 1.165) is 43.7 Å². The van der Waals surface area contributed by atoms with E-state index >= 15 is 0 Å². The standard InChI is InChI=1S/C29H38N6O2/c1-6-7-25(36)34-16-14-33(15-17-34)19-22-8-10-23(11-9-22)21(2)31-28-30-18-24-12-13-26(37)35(27(24)32-28)20-29(3,4)5/h6-13,18,21H,14-17,19-20H2,1-5H3,(H,30,31,32)/b7-6+/t21-/m0/s1. The zero-order valence-corrected chi connectivity index (χ0v) is 22.6. The monoisotopic (exact) mass is 502 g/mol. The van der Waals surface area contributed by atoms with Crippen molar-refractivity contribution in [1.29, 1.82) is 0 Å². The fraction of sp³-hybridized carbons (Fsp3) is 0.448. The van der Waals surface area contributed by atoms with Gasteiger partial charge in [0.25, 0.3) is 5.56 Å². The summed E-state index contributed by atoms with van der Waals surface area (Å²) in [6.07, 6.45) is 5.20. The fourth-order valence-electron chi connectivity index (χ4n) is 4.59. The molecule has 1 aromatic carbocycles. The highest BCUT2D eigenvalue weighted by Crippen LogP contribution is 2.22. The number of anilines is 1. The molecular weight excluding hydrogens is 464 g/mol. The van der Waals surface area contributed by atoms with Crippen molar-refractivity contribution in [3.63, 3.8) is 0 Å². The second kappa shape index (κ2) is 11.3. The number of hydrogen-bond donors (Lipinski definition) is 1. The summed E-state index contributed by atoms with van der Waals surface area (Å²) in [6, 6.07) is 11.9. The molecule has 1 aliphatic heterocycles. The normalized spacial score (nSPS) is 15.9. The van der Waals surface area contributed by atoms with Gasteiger partial charge in [-0.2, -0.15) is 4.98 Å². The Labute approximate surface area is 219 Å². The predicted molar refractivity (Wildman–Crippen MR) is 148 cm³/mol. The van der Waals surface area contributed by atoms with Crippen molar-refractivity contribution in [2.45, 2.75) is 53.8 Å². The summed E-state index contributed by atoms with van der Waals surface area (Å²) in [5, 5.41) is 4.24. The van der Waals surface area contributed by atoms with E-state index in [1.165, 1.54) is 5.56 Å². The Kier molecular flexibility index (Phi) is 8.07. The summed E-state index contributed by atoms with van der Waals surface area (Å²) in [6.45, 7) is 15.0. The van der Waals surface area contributed by atoms with Gasteiger partial charge in [-0.3, -0.25) is 19.1 Å². The molecule has 8 nitrogen and oxygen atoms in total.